The first kappa shape index (κ1) is 35.7. The van der Waals surface area contributed by atoms with Crippen molar-refractivity contribution >= 4 is 20.5 Å². The summed E-state index contributed by atoms with van der Waals surface area (Å²) in [5.74, 6) is 2.50. The maximum atomic E-state index is 8.68. The standard InChI is InChI=1S/C28H36N2.2C7H7.Ni/c1-3-5-7-8-9-10-13-25-17-21-27(22-18-25)28(14-11-23-30-29)26-19-15-24(16-20-26)12-6-4-2;2*1-7-5-3-2-4-6-7;/h11,14-22H,3-10,12-13H2,1-2H3;2*3-6H,1H3;. The van der Waals surface area contributed by atoms with Crippen molar-refractivity contribution in [2.45, 2.75) is 91.9 Å². The van der Waals surface area contributed by atoms with Crippen LogP contribution in [-0.4, -0.2) is 10.7 Å². The summed E-state index contributed by atoms with van der Waals surface area (Å²) in [6.45, 7) is 8.71. The molecular weight excluding hydrogens is 591 g/mol. The zero-order valence-corrected chi connectivity index (χ0v) is 28.7. The van der Waals surface area contributed by atoms with Crippen molar-refractivity contribution in [3.8, 4) is 0 Å². The molecule has 0 unspecified atom stereocenters. The van der Waals surface area contributed by atoms with Gasteiger partial charge in [0.15, 0.2) is 0 Å². The molecule has 0 aliphatic heterocycles. The number of aryl methyl sites for hydroxylation is 4. The zero-order valence-electron chi connectivity index (χ0n) is 27.7. The first-order valence-electron chi connectivity index (χ1n) is 16.6. The number of unbranched alkanes of at least 4 members (excludes halogenated alkanes) is 6. The van der Waals surface area contributed by atoms with Crippen LogP contribution in [0, 0.1) is 13.8 Å². The van der Waals surface area contributed by atoms with Gasteiger partial charge in [0.05, 0.1) is 6.08 Å². The van der Waals surface area contributed by atoms with E-state index >= 15 is 0 Å². The molecule has 0 radical (unpaired) electrons. The van der Waals surface area contributed by atoms with Gasteiger partial charge in [0.1, 0.15) is 0 Å². The molecule has 0 atom stereocenters. The molecule has 4 aromatic carbocycles. The minimum absolute atomic E-state index is 1.11. The first-order chi connectivity index (χ1) is 22.0. The molecule has 0 saturated heterocycles. The molecule has 0 bridgehead atoms. The number of benzene rings is 4. The van der Waals surface area contributed by atoms with Gasteiger partial charge < -0.3 is 5.53 Å². The Morgan fingerprint density at radius 3 is 1.51 bits per heavy atom. The molecule has 0 N–H and O–H groups in total. The molecule has 0 amide bonds. The fourth-order valence-electron chi connectivity index (χ4n) is 4.96. The van der Waals surface area contributed by atoms with Crippen LogP contribution in [0.1, 0.15) is 98.6 Å². The third kappa shape index (κ3) is 13.8. The Bertz CT molecular complexity index is 1460. The van der Waals surface area contributed by atoms with E-state index in [0.717, 1.165) is 24.0 Å². The summed E-state index contributed by atoms with van der Waals surface area (Å²) >= 11 is 1.61. The van der Waals surface area contributed by atoms with Crippen molar-refractivity contribution in [3.05, 3.63) is 148 Å². The summed E-state index contributed by atoms with van der Waals surface area (Å²) in [4.78, 5) is 2.97. The van der Waals surface area contributed by atoms with Crippen molar-refractivity contribution in [2.24, 2.45) is 0 Å². The summed E-state index contributed by atoms with van der Waals surface area (Å²) in [6.07, 6.45) is 16.3. The van der Waals surface area contributed by atoms with Crippen LogP contribution < -0.4 is 9.07 Å². The van der Waals surface area contributed by atoms with E-state index < -0.39 is 0 Å². The Morgan fingerprint density at radius 2 is 1.04 bits per heavy atom. The summed E-state index contributed by atoms with van der Waals surface area (Å²) in [6, 6.07) is 35.0. The number of hydrogen-bond donors (Lipinski definition) is 0. The summed E-state index contributed by atoms with van der Waals surface area (Å²) in [7, 11) is 0. The molecule has 0 spiro atoms. The second-order valence-corrected chi connectivity index (χ2v) is 13.0. The van der Waals surface area contributed by atoms with Gasteiger partial charge in [0.2, 0.25) is 0 Å². The molecule has 0 aliphatic rings. The average Bonchev–Trinajstić information content (AvgIpc) is 3.07. The van der Waals surface area contributed by atoms with Gasteiger partial charge in [-0.1, -0.05) is 101 Å². The van der Waals surface area contributed by atoms with Crippen molar-refractivity contribution in [1.82, 2.24) is 0 Å². The maximum absolute atomic E-state index is 8.68. The third-order valence-electron chi connectivity index (χ3n) is 7.71. The van der Waals surface area contributed by atoms with E-state index in [1.165, 1.54) is 88.3 Å². The van der Waals surface area contributed by atoms with Gasteiger partial charge >= 0.3 is 97.0 Å². The van der Waals surface area contributed by atoms with E-state index in [9.17, 15) is 0 Å². The van der Waals surface area contributed by atoms with Gasteiger partial charge in [0, 0.05) is 0 Å². The average molecular weight is 642 g/mol. The summed E-state index contributed by atoms with van der Waals surface area (Å²) in [5.41, 5.74) is 17.5. The van der Waals surface area contributed by atoms with E-state index in [-0.39, 0.29) is 0 Å². The minimum atomic E-state index is 1.11. The van der Waals surface area contributed by atoms with Crippen molar-refractivity contribution in [2.75, 3.05) is 0 Å². The fraction of sp³-hybridized carbons (Fsp3) is 0.333. The zero-order chi connectivity index (χ0) is 32.1. The molecular formula is C42H50N2Ni. The second-order valence-electron chi connectivity index (χ2n) is 11.6. The second kappa shape index (κ2) is 21.1. The Morgan fingerprint density at radius 1 is 0.600 bits per heavy atom. The predicted octanol–water partition coefficient (Wildman–Crippen LogP) is 10.2. The van der Waals surface area contributed by atoms with Gasteiger partial charge in [-0.15, -0.1) is 4.79 Å². The van der Waals surface area contributed by atoms with E-state index in [1.54, 1.807) is 20.5 Å². The molecule has 2 nitrogen and oxygen atoms in total. The van der Waals surface area contributed by atoms with E-state index in [4.69, 9.17) is 5.53 Å². The van der Waals surface area contributed by atoms with Gasteiger partial charge in [-0.05, 0) is 59.6 Å². The number of nitrogens with zero attached hydrogens (tertiary/aromatic N) is 2. The van der Waals surface area contributed by atoms with Crippen LogP contribution in [0.15, 0.2) is 109 Å². The Labute approximate surface area is 278 Å². The van der Waals surface area contributed by atoms with Crippen molar-refractivity contribution < 1.29 is 19.2 Å². The molecule has 0 fully saturated rings. The Hall–Kier alpha value is -3.73. The topological polar surface area (TPSA) is 36.4 Å². The van der Waals surface area contributed by atoms with Crippen LogP contribution in [0.5, 0.6) is 0 Å². The normalized spacial score (nSPS) is 10.9. The molecule has 4 aromatic rings. The number of rotatable bonds is 15. The van der Waals surface area contributed by atoms with Crippen LogP contribution in [-0.2, 0) is 27.3 Å². The molecule has 0 aliphatic carbocycles. The first-order valence-corrected chi connectivity index (χ1v) is 17.5. The van der Waals surface area contributed by atoms with Crippen molar-refractivity contribution in [1.29, 1.82) is 0 Å². The molecule has 4 rings (SSSR count). The molecule has 0 saturated carbocycles. The van der Waals surface area contributed by atoms with Crippen LogP contribution in [0.25, 0.3) is 11.1 Å². The Balaban J connectivity index is 0.000000305. The molecule has 3 heteroatoms. The van der Waals surface area contributed by atoms with Crippen LogP contribution >= 0.6 is 0 Å². The van der Waals surface area contributed by atoms with Gasteiger partial charge in [-0.3, -0.25) is 0 Å². The summed E-state index contributed by atoms with van der Waals surface area (Å²) < 4.78 is 2.63. The van der Waals surface area contributed by atoms with Crippen LogP contribution in [0.3, 0.4) is 0 Å². The van der Waals surface area contributed by atoms with Crippen LogP contribution in [0.4, 0.5) is 0 Å². The van der Waals surface area contributed by atoms with Gasteiger partial charge in [-0.25, -0.2) is 0 Å². The third-order valence-corrected chi connectivity index (χ3v) is 8.94. The monoisotopic (exact) mass is 640 g/mol. The van der Waals surface area contributed by atoms with E-state index in [2.05, 4.69) is 135 Å². The van der Waals surface area contributed by atoms with Crippen molar-refractivity contribution in [3.63, 3.8) is 0 Å². The van der Waals surface area contributed by atoms with Gasteiger partial charge in [-0.2, -0.15) is 0 Å². The van der Waals surface area contributed by atoms with E-state index in [1.807, 2.05) is 6.08 Å². The molecule has 238 valence electrons. The van der Waals surface area contributed by atoms with E-state index in [0.29, 0.717) is 0 Å². The number of allylic oxidation sites excluding steroid dienone is 2. The fourth-order valence-corrected chi connectivity index (χ4v) is 5.95. The molecule has 0 heterocycles. The predicted molar refractivity (Wildman–Crippen MR) is 190 cm³/mol. The molecule has 0 aromatic heterocycles. The van der Waals surface area contributed by atoms with Gasteiger partial charge in [0.25, 0.3) is 5.87 Å². The molecule has 45 heavy (non-hydrogen) atoms. The SMILES string of the molecule is CCCCCCCCc1ccc(C(=CC=C=[N+]=[N-])c2ccc(CCCC)cc2)cc1.Cc1cc[c]([Ni][c]2ccc(C)cc2)cc1. The Kier molecular flexibility index (Phi) is 16.8. The van der Waals surface area contributed by atoms with Crippen LogP contribution in [0.2, 0.25) is 0 Å². The quantitative estimate of drug-likeness (QED) is 0.0309. The summed E-state index contributed by atoms with van der Waals surface area (Å²) in [5, 5.41) is 0. The number of hydrogen-bond acceptors (Lipinski definition) is 0.